The molecule has 0 heterocycles. The number of carbonyl (C=O) groups excluding carboxylic acids is 1. The van der Waals surface area contributed by atoms with Gasteiger partial charge in [0.25, 0.3) is 0 Å². The van der Waals surface area contributed by atoms with Crippen molar-refractivity contribution in [2.75, 3.05) is 0 Å². The summed E-state index contributed by atoms with van der Waals surface area (Å²) in [6, 6.07) is 0. The summed E-state index contributed by atoms with van der Waals surface area (Å²) in [6.07, 6.45) is 7.80. The molecule has 0 aromatic rings. The summed E-state index contributed by atoms with van der Waals surface area (Å²) < 4.78 is 0. The van der Waals surface area contributed by atoms with Gasteiger partial charge in [-0.2, -0.15) is 0 Å². The molecule has 0 atom stereocenters. The Kier molecular flexibility index (Phi) is 7.88. The summed E-state index contributed by atoms with van der Waals surface area (Å²) in [5, 5.41) is 0.429. The van der Waals surface area contributed by atoms with E-state index in [2.05, 4.69) is 27.0 Å². The van der Waals surface area contributed by atoms with Gasteiger partial charge in [0.05, 0.1) is 5.03 Å². The molecule has 0 aromatic heterocycles. The molecule has 0 amide bonds. The number of nitrogens with two attached hydrogens (primary N) is 1. The van der Waals surface area contributed by atoms with Crippen molar-refractivity contribution in [2.45, 2.75) is 20.8 Å². The van der Waals surface area contributed by atoms with Gasteiger partial charge in [0.1, 0.15) is 6.29 Å². The Morgan fingerprint density at radius 2 is 2.00 bits per heavy atom. The lowest BCUT2D eigenvalue weighted by Crippen LogP contribution is -1.99. The molecule has 0 aliphatic rings. The lowest BCUT2D eigenvalue weighted by Gasteiger charge is -2.14. The number of allylic oxidation sites excluding steroid dienone is 6. The number of rotatable bonds is 7. The van der Waals surface area contributed by atoms with Gasteiger partial charge in [-0.3, -0.25) is 4.79 Å². The van der Waals surface area contributed by atoms with Crippen molar-refractivity contribution in [1.29, 1.82) is 0 Å². The van der Waals surface area contributed by atoms with E-state index in [1.807, 2.05) is 19.1 Å². The largest absolute Gasteiger partial charge is 0.393 e. The molecule has 18 heavy (non-hydrogen) atoms. The smallest absolute Gasteiger partial charge is 0.145 e. The van der Waals surface area contributed by atoms with Crippen LogP contribution in [0.2, 0.25) is 0 Å². The highest BCUT2D eigenvalue weighted by molar-refractivity contribution is 8.06. The number of hydrogen-bond acceptors (Lipinski definition) is 3. The molecular weight excluding hydrogens is 242 g/mol. The van der Waals surface area contributed by atoms with Crippen molar-refractivity contribution < 1.29 is 4.79 Å². The zero-order chi connectivity index (χ0) is 14.1. The average Bonchev–Trinajstić information content (AvgIpc) is 2.28. The fourth-order valence-electron chi connectivity index (χ4n) is 1.46. The van der Waals surface area contributed by atoms with Crippen molar-refractivity contribution in [3.63, 3.8) is 0 Å². The summed E-state index contributed by atoms with van der Waals surface area (Å²) in [5.41, 5.74) is 7.81. The average molecular weight is 263 g/mol. The van der Waals surface area contributed by atoms with E-state index in [0.29, 0.717) is 17.2 Å². The van der Waals surface area contributed by atoms with Gasteiger partial charge in [-0.1, -0.05) is 57.0 Å². The van der Waals surface area contributed by atoms with Gasteiger partial charge in [-0.05, 0) is 24.0 Å². The van der Waals surface area contributed by atoms with Crippen LogP contribution in [0.4, 0.5) is 0 Å². The van der Waals surface area contributed by atoms with Crippen LogP contribution < -0.4 is 5.73 Å². The fourth-order valence-corrected chi connectivity index (χ4v) is 2.18. The van der Waals surface area contributed by atoms with Crippen molar-refractivity contribution in [2.24, 2.45) is 11.7 Å². The molecule has 0 saturated carbocycles. The monoisotopic (exact) mass is 263 g/mol. The molecule has 3 heteroatoms. The Bertz CT molecular complexity index is 414. The summed E-state index contributed by atoms with van der Waals surface area (Å²) in [4.78, 5) is 11.1. The zero-order valence-corrected chi connectivity index (χ0v) is 12.1. The minimum absolute atomic E-state index is 0.364. The zero-order valence-electron chi connectivity index (χ0n) is 11.3. The second kappa shape index (κ2) is 8.59. The van der Waals surface area contributed by atoms with Crippen LogP contribution in [0.15, 0.2) is 58.5 Å². The maximum atomic E-state index is 10.3. The Hall–Kier alpha value is -1.48. The van der Waals surface area contributed by atoms with E-state index >= 15 is 0 Å². The first-order valence-corrected chi connectivity index (χ1v) is 6.56. The van der Waals surface area contributed by atoms with Crippen molar-refractivity contribution in [1.82, 2.24) is 0 Å². The van der Waals surface area contributed by atoms with Gasteiger partial charge in [-0.25, -0.2) is 0 Å². The predicted molar refractivity (Wildman–Crippen MR) is 81.9 cm³/mol. The van der Waals surface area contributed by atoms with Crippen LogP contribution >= 0.6 is 11.8 Å². The van der Waals surface area contributed by atoms with Gasteiger partial charge in [0.2, 0.25) is 0 Å². The van der Waals surface area contributed by atoms with Crippen molar-refractivity contribution in [3.8, 4) is 0 Å². The van der Waals surface area contributed by atoms with E-state index in [0.717, 1.165) is 16.1 Å². The van der Waals surface area contributed by atoms with E-state index in [-0.39, 0.29) is 0 Å². The maximum Gasteiger partial charge on any atom is 0.145 e. The van der Waals surface area contributed by atoms with E-state index in [9.17, 15) is 4.79 Å². The standard InChI is InChI=1S/C15H21NOS/c1-6-8-14(11(3)4)13(7-2)12(5)18-15(16)9-10-17/h6-11H,2,5,16H2,1,3-4H3/b8-6-,14-13-,15-9+. The normalized spacial score (nSPS) is 13.7. The quantitative estimate of drug-likeness (QED) is 0.430. The topological polar surface area (TPSA) is 43.1 Å². The lowest BCUT2D eigenvalue weighted by atomic mass is 9.96. The molecule has 0 rings (SSSR count). The SMILES string of the molecule is C=C/C(C(=C)S/C(N)=C/C=O)=C(\C=C/C)C(C)C. The van der Waals surface area contributed by atoms with E-state index in [1.54, 1.807) is 6.08 Å². The van der Waals surface area contributed by atoms with Crippen LogP contribution in [0, 0.1) is 5.92 Å². The first-order valence-electron chi connectivity index (χ1n) is 5.75. The van der Waals surface area contributed by atoms with E-state index < -0.39 is 0 Å². The molecule has 2 N–H and O–H groups in total. The third-order valence-electron chi connectivity index (χ3n) is 2.26. The number of aldehydes is 1. The Morgan fingerprint density at radius 3 is 2.39 bits per heavy atom. The third-order valence-corrected chi connectivity index (χ3v) is 3.10. The molecule has 0 aromatic carbocycles. The molecule has 0 saturated heterocycles. The molecule has 0 radical (unpaired) electrons. The van der Waals surface area contributed by atoms with Crippen LogP contribution in [0.5, 0.6) is 0 Å². The van der Waals surface area contributed by atoms with Crippen LogP contribution in [-0.4, -0.2) is 6.29 Å². The minimum atomic E-state index is 0.364. The summed E-state index contributed by atoms with van der Waals surface area (Å²) >= 11 is 1.28. The second-order valence-electron chi connectivity index (χ2n) is 3.96. The van der Waals surface area contributed by atoms with Crippen LogP contribution in [0.3, 0.4) is 0 Å². The first kappa shape index (κ1) is 16.5. The summed E-state index contributed by atoms with van der Waals surface area (Å²) in [6.45, 7) is 14.0. The Labute approximate surface area is 114 Å². The van der Waals surface area contributed by atoms with Gasteiger partial charge < -0.3 is 5.73 Å². The summed E-state index contributed by atoms with van der Waals surface area (Å²) in [7, 11) is 0. The lowest BCUT2D eigenvalue weighted by molar-refractivity contribution is -0.104. The molecule has 0 fully saturated rings. The number of hydrogen-bond donors (Lipinski definition) is 1. The highest BCUT2D eigenvalue weighted by Gasteiger charge is 2.10. The van der Waals surface area contributed by atoms with Gasteiger partial charge in [-0.15, -0.1) is 0 Å². The van der Waals surface area contributed by atoms with Gasteiger partial charge in [0.15, 0.2) is 0 Å². The molecule has 2 nitrogen and oxygen atoms in total. The number of thioether (sulfide) groups is 1. The van der Waals surface area contributed by atoms with Crippen LogP contribution in [-0.2, 0) is 4.79 Å². The van der Waals surface area contributed by atoms with Crippen molar-refractivity contribution >= 4 is 18.0 Å². The highest BCUT2D eigenvalue weighted by atomic mass is 32.2. The Balaban J connectivity index is 5.34. The molecule has 0 unspecified atom stereocenters. The van der Waals surface area contributed by atoms with E-state index in [4.69, 9.17) is 5.73 Å². The molecule has 98 valence electrons. The molecule has 0 bridgehead atoms. The molecule has 0 spiro atoms. The number of carbonyl (C=O) groups is 1. The Morgan fingerprint density at radius 1 is 1.39 bits per heavy atom. The second-order valence-corrected chi connectivity index (χ2v) is 5.13. The molecular formula is C15H21NOS. The highest BCUT2D eigenvalue weighted by Crippen LogP contribution is 2.31. The molecule has 0 aliphatic carbocycles. The minimum Gasteiger partial charge on any atom is -0.393 e. The predicted octanol–water partition coefficient (Wildman–Crippen LogP) is 3.95. The van der Waals surface area contributed by atoms with E-state index in [1.165, 1.54) is 17.8 Å². The van der Waals surface area contributed by atoms with Crippen molar-refractivity contribution in [3.05, 3.63) is 58.5 Å². The fraction of sp³-hybridized carbons (Fsp3) is 0.267. The summed E-state index contributed by atoms with van der Waals surface area (Å²) in [5.74, 6) is 0.364. The van der Waals surface area contributed by atoms with Gasteiger partial charge in [0, 0.05) is 11.0 Å². The first-order chi connectivity index (χ1) is 8.47. The third kappa shape index (κ3) is 5.23. The maximum absolute atomic E-state index is 10.3. The van der Waals surface area contributed by atoms with Crippen LogP contribution in [0.1, 0.15) is 20.8 Å². The van der Waals surface area contributed by atoms with Crippen LogP contribution in [0.25, 0.3) is 0 Å². The van der Waals surface area contributed by atoms with Gasteiger partial charge >= 0.3 is 0 Å². The molecule has 0 aliphatic heterocycles.